The van der Waals surface area contributed by atoms with Crippen LogP contribution in [0.15, 0.2) is 29.1 Å². The number of carbonyl (C=O) groups excluding carboxylic acids is 2. The number of amides is 2. The van der Waals surface area contributed by atoms with E-state index in [0.29, 0.717) is 15.9 Å². The first-order chi connectivity index (χ1) is 15.5. The molecule has 33 heavy (non-hydrogen) atoms. The van der Waals surface area contributed by atoms with Crippen molar-refractivity contribution in [3.8, 4) is 6.07 Å². The Morgan fingerprint density at radius 2 is 1.97 bits per heavy atom. The quantitative estimate of drug-likeness (QED) is 0.474. The van der Waals surface area contributed by atoms with E-state index in [0.717, 1.165) is 11.3 Å². The summed E-state index contributed by atoms with van der Waals surface area (Å²) >= 11 is 1.02. The first-order valence-electron chi connectivity index (χ1n) is 10.5. The maximum atomic E-state index is 12.8. The summed E-state index contributed by atoms with van der Waals surface area (Å²) in [4.78, 5) is 37.4. The molecule has 0 fully saturated rings. The van der Waals surface area contributed by atoms with E-state index in [2.05, 4.69) is 16.0 Å². The number of nitrogens with one attached hydrogen (secondary N) is 3. The molecule has 2 amide bonds. The molecule has 0 spiro atoms. The van der Waals surface area contributed by atoms with Gasteiger partial charge in [-0.3, -0.25) is 19.0 Å². The fourth-order valence-corrected chi connectivity index (χ4v) is 3.76. The van der Waals surface area contributed by atoms with E-state index in [1.807, 2.05) is 26.8 Å². The van der Waals surface area contributed by atoms with Crippen molar-refractivity contribution in [1.29, 1.82) is 5.26 Å². The van der Waals surface area contributed by atoms with Crippen LogP contribution in [-0.2, 0) is 16.1 Å². The molecule has 4 N–H and O–H groups in total. The molecule has 0 radical (unpaired) electrons. The van der Waals surface area contributed by atoms with Gasteiger partial charge >= 0.3 is 0 Å². The zero-order chi connectivity index (χ0) is 24.8. The van der Waals surface area contributed by atoms with Gasteiger partial charge in [0.1, 0.15) is 15.3 Å². The minimum atomic E-state index is -0.761. The minimum absolute atomic E-state index is 0.00558. The topological polar surface area (TPSA) is 136 Å². The third-order valence-corrected chi connectivity index (χ3v) is 5.64. The second-order valence-corrected chi connectivity index (χ2v) is 9.47. The first-order valence-corrected chi connectivity index (χ1v) is 11.3. The van der Waals surface area contributed by atoms with Crippen LogP contribution in [0.25, 0.3) is 11.8 Å². The monoisotopic (exact) mass is 471 g/mol. The van der Waals surface area contributed by atoms with Gasteiger partial charge in [-0.2, -0.15) is 5.26 Å². The highest BCUT2D eigenvalue weighted by molar-refractivity contribution is 7.07. The van der Waals surface area contributed by atoms with Gasteiger partial charge < -0.3 is 21.1 Å². The van der Waals surface area contributed by atoms with Crippen molar-refractivity contribution in [2.75, 3.05) is 17.2 Å². The average Bonchev–Trinajstić information content (AvgIpc) is 3.06. The van der Waals surface area contributed by atoms with E-state index in [1.54, 1.807) is 31.2 Å². The second kappa shape index (κ2) is 10.9. The van der Waals surface area contributed by atoms with E-state index >= 15 is 0 Å². The van der Waals surface area contributed by atoms with Crippen LogP contribution in [0.4, 0.5) is 11.4 Å². The van der Waals surface area contributed by atoms with Crippen molar-refractivity contribution >= 4 is 46.3 Å². The van der Waals surface area contributed by atoms with E-state index in [4.69, 9.17) is 0 Å². The summed E-state index contributed by atoms with van der Waals surface area (Å²) < 4.78 is 1.91. The molecule has 1 unspecified atom stereocenters. The lowest BCUT2D eigenvalue weighted by Crippen LogP contribution is -2.36. The predicted octanol–water partition coefficient (Wildman–Crippen LogP) is 0.936. The summed E-state index contributed by atoms with van der Waals surface area (Å²) in [7, 11) is 0. The maximum Gasteiger partial charge on any atom is 0.270 e. The molecule has 10 heteroatoms. The fourth-order valence-electron chi connectivity index (χ4n) is 2.67. The lowest BCUT2D eigenvalue weighted by Gasteiger charge is -2.18. The molecule has 9 nitrogen and oxygen atoms in total. The van der Waals surface area contributed by atoms with Gasteiger partial charge in [0, 0.05) is 36.1 Å². The van der Waals surface area contributed by atoms with Crippen LogP contribution in [0.1, 0.15) is 34.6 Å². The number of benzene rings is 1. The standard InChI is InChI=1S/C23H29N5O4S/c1-6-28-20(31)18(33-21(28)17(11-24)19(30)26-12-14(2)29)13-25-15-8-7-9-16(10-15)27-22(32)23(3,4)5/h7-10,13-14,25,29H,6,12H2,1-5H3,(H,26,30)(H,27,32). The molecule has 2 rings (SSSR count). The summed E-state index contributed by atoms with van der Waals surface area (Å²) in [5.41, 5.74) is 0.202. The third-order valence-electron chi connectivity index (χ3n) is 4.51. The van der Waals surface area contributed by atoms with Gasteiger partial charge in [0.25, 0.3) is 11.5 Å². The number of nitrogens with zero attached hydrogens (tertiary/aromatic N) is 2. The van der Waals surface area contributed by atoms with E-state index in [1.165, 1.54) is 17.7 Å². The molecular weight excluding hydrogens is 442 g/mol. The van der Waals surface area contributed by atoms with E-state index in [9.17, 15) is 24.8 Å². The number of nitriles is 1. The van der Waals surface area contributed by atoms with Gasteiger partial charge in [0.05, 0.1) is 6.10 Å². The lowest BCUT2D eigenvalue weighted by molar-refractivity contribution is -0.123. The Hall–Kier alpha value is -3.42. The molecule has 1 aromatic carbocycles. The van der Waals surface area contributed by atoms with Crippen LogP contribution in [0.2, 0.25) is 0 Å². The number of aromatic nitrogens is 1. The van der Waals surface area contributed by atoms with Gasteiger partial charge in [-0.05, 0) is 32.0 Å². The Balaban J connectivity index is 2.41. The number of hydrogen-bond donors (Lipinski definition) is 4. The Bertz CT molecular complexity index is 1250. The van der Waals surface area contributed by atoms with Crippen molar-refractivity contribution in [1.82, 2.24) is 9.88 Å². The summed E-state index contributed by atoms with van der Waals surface area (Å²) in [5, 5.41) is 27.3. The molecule has 0 saturated heterocycles. The smallest absolute Gasteiger partial charge is 0.270 e. The van der Waals surface area contributed by atoms with Crippen LogP contribution in [0, 0.1) is 16.7 Å². The van der Waals surface area contributed by atoms with Crippen molar-refractivity contribution in [2.24, 2.45) is 5.41 Å². The molecule has 176 valence electrons. The fraction of sp³-hybridized carbons (Fsp3) is 0.391. The van der Waals surface area contributed by atoms with Gasteiger partial charge in [-0.1, -0.05) is 26.8 Å². The number of hydrogen-bond acceptors (Lipinski definition) is 7. The Kier molecular flexibility index (Phi) is 8.56. The van der Waals surface area contributed by atoms with E-state index < -0.39 is 17.4 Å². The molecule has 0 saturated carbocycles. The highest BCUT2D eigenvalue weighted by atomic mass is 32.1. The largest absolute Gasteiger partial charge is 0.392 e. The summed E-state index contributed by atoms with van der Waals surface area (Å²) in [5.74, 6) is -0.769. The molecule has 1 aromatic heterocycles. The average molecular weight is 472 g/mol. The highest BCUT2D eigenvalue weighted by Gasteiger charge is 2.21. The summed E-state index contributed by atoms with van der Waals surface area (Å²) in [6.45, 7) is 9.00. The molecule has 0 bridgehead atoms. The third kappa shape index (κ3) is 6.78. The molecule has 2 aromatic rings. The van der Waals surface area contributed by atoms with Crippen LogP contribution < -0.4 is 30.7 Å². The van der Waals surface area contributed by atoms with Crippen LogP contribution in [0.3, 0.4) is 0 Å². The number of thiazole rings is 1. The number of aliphatic hydroxyl groups is 1. The first kappa shape index (κ1) is 25.8. The molecule has 0 aliphatic carbocycles. The summed E-state index contributed by atoms with van der Waals surface area (Å²) in [6, 6.07) is 8.93. The zero-order valence-electron chi connectivity index (χ0n) is 19.4. The SMILES string of the molecule is CCn1c(=C(C#N)C(=O)NCC(C)O)sc(=CNc2cccc(NC(=O)C(C)(C)C)c2)c1=O. The summed E-state index contributed by atoms with van der Waals surface area (Å²) in [6.07, 6.45) is 0.749. The number of anilines is 2. The minimum Gasteiger partial charge on any atom is -0.392 e. The lowest BCUT2D eigenvalue weighted by atomic mass is 9.95. The second-order valence-electron chi connectivity index (χ2n) is 8.44. The van der Waals surface area contributed by atoms with Crippen LogP contribution in [0.5, 0.6) is 0 Å². The number of carbonyl (C=O) groups is 2. The molecule has 0 aliphatic heterocycles. The van der Waals surface area contributed by atoms with Gasteiger partial charge in [0.2, 0.25) is 5.91 Å². The maximum absolute atomic E-state index is 12.8. The van der Waals surface area contributed by atoms with Crippen molar-refractivity contribution in [3.63, 3.8) is 0 Å². The molecule has 1 atom stereocenters. The molecule has 0 aliphatic rings. The Morgan fingerprint density at radius 1 is 1.30 bits per heavy atom. The Morgan fingerprint density at radius 3 is 2.55 bits per heavy atom. The number of aliphatic hydroxyl groups excluding tert-OH is 1. The highest BCUT2D eigenvalue weighted by Crippen LogP contribution is 2.20. The normalized spacial score (nSPS) is 13.7. The van der Waals surface area contributed by atoms with Crippen molar-refractivity contribution in [3.05, 3.63) is 43.8 Å². The molecule has 1 heterocycles. The van der Waals surface area contributed by atoms with Crippen molar-refractivity contribution < 1.29 is 14.7 Å². The Labute approximate surface area is 196 Å². The predicted molar refractivity (Wildman–Crippen MR) is 130 cm³/mol. The van der Waals surface area contributed by atoms with Gasteiger partial charge in [-0.25, -0.2) is 0 Å². The zero-order valence-corrected chi connectivity index (χ0v) is 20.2. The van der Waals surface area contributed by atoms with E-state index in [-0.39, 0.29) is 34.8 Å². The van der Waals surface area contributed by atoms with Crippen LogP contribution in [-0.4, -0.2) is 34.1 Å². The number of rotatable bonds is 7. The van der Waals surface area contributed by atoms with Gasteiger partial charge in [0.15, 0.2) is 5.57 Å². The van der Waals surface area contributed by atoms with Crippen molar-refractivity contribution in [2.45, 2.75) is 47.3 Å². The van der Waals surface area contributed by atoms with Crippen LogP contribution >= 0.6 is 11.3 Å². The van der Waals surface area contributed by atoms with Gasteiger partial charge in [-0.15, -0.1) is 11.3 Å². The molecular formula is C23H29N5O4S.